The number of aromatic nitrogens is 3. The van der Waals surface area contributed by atoms with Crippen LogP contribution in [-0.2, 0) is 19.3 Å². The minimum absolute atomic E-state index is 0.204. The number of anilines is 1. The van der Waals surface area contributed by atoms with Gasteiger partial charge in [-0.1, -0.05) is 13.8 Å². The summed E-state index contributed by atoms with van der Waals surface area (Å²) in [4.78, 5) is 16.3. The largest absolute Gasteiger partial charge is 0.393 e. The highest BCUT2D eigenvalue weighted by molar-refractivity contribution is 5.99. The summed E-state index contributed by atoms with van der Waals surface area (Å²) in [5.41, 5.74) is 13.0. The van der Waals surface area contributed by atoms with E-state index in [0.29, 0.717) is 5.56 Å². The molecule has 1 aromatic carbocycles. The maximum atomic E-state index is 12.2. The molecule has 0 unspecified atom stereocenters. The van der Waals surface area contributed by atoms with Gasteiger partial charge in [-0.25, -0.2) is 4.68 Å². The summed E-state index contributed by atoms with van der Waals surface area (Å²) in [6.07, 6.45) is 10.6. The number of hydrogen-bond donors (Lipinski definition) is 3. The van der Waals surface area contributed by atoms with E-state index in [2.05, 4.69) is 28.8 Å². The highest BCUT2D eigenvalue weighted by Gasteiger charge is 2.31. The number of carbonyl (C=O) groups excluding carboxylic acids is 1. The molecule has 7 nitrogen and oxygen atoms in total. The van der Waals surface area contributed by atoms with Gasteiger partial charge in [0, 0.05) is 36.2 Å². The van der Waals surface area contributed by atoms with Crippen molar-refractivity contribution in [1.82, 2.24) is 14.8 Å². The molecular formula is C28H35N5O2. The second-order valence-corrected chi connectivity index (χ2v) is 10.9. The van der Waals surface area contributed by atoms with Crippen molar-refractivity contribution >= 4 is 11.6 Å². The predicted octanol–water partition coefficient (Wildman–Crippen LogP) is 4.19. The van der Waals surface area contributed by atoms with Crippen molar-refractivity contribution in [2.24, 2.45) is 11.1 Å². The summed E-state index contributed by atoms with van der Waals surface area (Å²) in [6.45, 7) is 4.63. The summed E-state index contributed by atoms with van der Waals surface area (Å²) < 4.78 is 2.08. The van der Waals surface area contributed by atoms with Gasteiger partial charge in [0.05, 0.1) is 23.0 Å². The Bertz CT molecular complexity index is 1210. The third kappa shape index (κ3) is 5.10. The molecule has 1 saturated carbocycles. The Kier molecular flexibility index (Phi) is 6.36. The zero-order chi connectivity index (χ0) is 24.6. The van der Waals surface area contributed by atoms with Gasteiger partial charge in [-0.2, -0.15) is 5.10 Å². The first kappa shape index (κ1) is 23.5. The van der Waals surface area contributed by atoms with Gasteiger partial charge in [-0.3, -0.25) is 9.78 Å². The fourth-order valence-electron chi connectivity index (χ4n) is 5.50. The molecule has 2 aliphatic rings. The van der Waals surface area contributed by atoms with E-state index in [1.807, 2.05) is 42.7 Å². The van der Waals surface area contributed by atoms with Crippen molar-refractivity contribution in [3.05, 3.63) is 70.8 Å². The third-order valence-corrected chi connectivity index (χ3v) is 7.56. The van der Waals surface area contributed by atoms with E-state index in [9.17, 15) is 9.90 Å². The smallest absolute Gasteiger partial charge is 0.250 e. The number of aliphatic hydroxyl groups is 1. The zero-order valence-electron chi connectivity index (χ0n) is 20.6. The molecule has 0 radical (unpaired) electrons. The van der Waals surface area contributed by atoms with Crippen molar-refractivity contribution < 1.29 is 9.90 Å². The molecule has 4 N–H and O–H groups in total. The average molecular weight is 474 g/mol. The summed E-state index contributed by atoms with van der Waals surface area (Å²) >= 11 is 0. The zero-order valence-corrected chi connectivity index (χ0v) is 20.6. The Morgan fingerprint density at radius 2 is 1.91 bits per heavy atom. The number of fused-ring (bicyclic) bond motifs is 1. The third-order valence-electron chi connectivity index (χ3n) is 7.56. The molecule has 0 bridgehead atoms. The molecule has 0 atom stereocenters. The Morgan fingerprint density at radius 1 is 1.17 bits per heavy atom. The lowest BCUT2D eigenvalue weighted by atomic mass is 9.76. The summed E-state index contributed by atoms with van der Waals surface area (Å²) in [7, 11) is 0. The van der Waals surface area contributed by atoms with Crippen LogP contribution >= 0.6 is 0 Å². The number of primary amides is 1. The van der Waals surface area contributed by atoms with Crippen molar-refractivity contribution in [3.63, 3.8) is 0 Å². The fraction of sp³-hybridized carbons (Fsp3) is 0.464. The number of pyridine rings is 1. The molecule has 0 saturated heterocycles. The van der Waals surface area contributed by atoms with Gasteiger partial charge >= 0.3 is 0 Å². The number of nitrogens with zero attached hydrogens (tertiary/aromatic N) is 3. The van der Waals surface area contributed by atoms with E-state index in [1.165, 1.54) is 16.8 Å². The van der Waals surface area contributed by atoms with Crippen LogP contribution < -0.4 is 11.1 Å². The Labute approximate surface area is 206 Å². The lowest BCUT2D eigenvalue weighted by molar-refractivity contribution is 0.100. The number of rotatable bonds is 6. The van der Waals surface area contributed by atoms with Gasteiger partial charge in [-0.15, -0.1) is 0 Å². The molecule has 2 aromatic heterocycles. The van der Waals surface area contributed by atoms with E-state index in [0.717, 1.165) is 68.4 Å². The SMILES string of the molecule is CC1(C)CCc2c(Cc3ccncc3)nn(-c3ccc(C(N)=O)c(NC4CCC(O)CC4)c3)c2C1. The van der Waals surface area contributed by atoms with E-state index >= 15 is 0 Å². The number of aliphatic hydroxyl groups excluding tert-OH is 1. The van der Waals surface area contributed by atoms with Gasteiger partial charge in [0.15, 0.2) is 0 Å². The highest BCUT2D eigenvalue weighted by atomic mass is 16.3. The van der Waals surface area contributed by atoms with Crippen LogP contribution in [0.5, 0.6) is 0 Å². The molecular weight excluding hydrogens is 438 g/mol. The van der Waals surface area contributed by atoms with Crippen molar-refractivity contribution in [1.29, 1.82) is 0 Å². The number of hydrogen-bond acceptors (Lipinski definition) is 5. The molecule has 1 fully saturated rings. The van der Waals surface area contributed by atoms with Crippen molar-refractivity contribution in [2.45, 2.75) is 77.4 Å². The standard InChI is InChI=1S/C28H35N5O2/c1-28(2)12-9-22-25(15-18-10-13-30-14-11-18)32-33(26(22)17-28)20-5-8-23(27(29)35)24(16-20)31-19-3-6-21(34)7-4-19/h5,8,10-11,13-14,16,19,21,31,34H,3-4,6-7,9,12,15,17H2,1-2H3,(H2,29,35). The molecule has 0 spiro atoms. The van der Waals surface area contributed by atoms with Gasteiger partial charge in [-0.05, 0) is 91.8 Å². The van der Waals surface area contributed by atoms with E-state index < -0.39 is 5.91 Å². The lowest BCUT2D eigenvalue weighted by Gasteiger charge is -2.30. The Hall–Kier alpha value is -3.19. The lowest BCUT2D eigenvalue weighted by Crippen LogP contribution is -2.29. The molecule has 2 heterocycles. The minimum atomic E-state index is -0.447. The topological polar surface area (TPSA) is 106 Å². The molecule has 184 valence electrons. The highest BCUT2D eigenvalue weighted by Crippen LogP contribution is 2.38. The molecule has 3 aromatic rings. The van der Waals surface area contributed by atoms with Crippen molar-refractivity contribution in [3.8, 4) is 5.69 Å². The Balaban J connectivity index is 1.53. The van der Waals surface area contributed by atoms with Crippen LogP contribution in [0.4, 0.5) is 5.69 Å². The van der Waals surface area contributed by atoms with Crippen molar-refractivity contribution in [2.75, 3.05) is 5.32 Å². The molecule has 0 aliphatic heterocycles. The number of amides is 1. The number of benzene rings is 1. The summed E-state index contributed by atoms with van der Waals surface area (Å²) in [6, 6.07) is 10.1. The van der Waals surface area contributed by atoms with Gasteiger partial charge in [0.2, 0.25) is 0 Å². The van der Waals surface area contributed by atoms with Gasteiger partial charge < -0.3 is 16.2 Å². The second-order valence-electron chi connectivity index (χ2n) is 10.9. The van der Waals surface area contributed by atoms with Crippen LogP contribution in [0.2, 0.25) is 0 Å². The normalized spacial score (nSPS) is 21.3. The van der Waals surface area contributed by atoms with E-state index in [-0.39, 0.29) is 17.6 Å². The predicted molar refractivity (Wildman–Crippen MR) is 137 cm³/mol. The Morgan fingerprint density at radius 3 is 2.63 bits per heavy atom. The number of nitrogens with two attached hydrogens (primary N) is 1. The monoisotopic (exact) mass is 473 g/mol. The van der Waals surface area contributed by atoms with Gasteiger partial charge in [0.25, 0.3) is 5.91 Å². The molecule has 7 heteroatoms. The quantitative estimate of drug-likeness (QED) is 0.498. The van der Waals surface area contributed by atoms with Crippen LogP contribution in [0, 0.1) is 5.41 Å². The number of carbonyl (C=O) groups is 1. The average Bonchev–Trinajstić information content (AvgIpc) is 3.17. The summed E-state index contributed by atoms with van der Waals surface area (Å²) in [5.74, 6) is -0.447. The molecule has 5 rings (SSSR count). The van der Waals surface area contributed by atoms with Crippen LogP contribution in [0.3, 0.4) is 0 Å². The second kappa shape index (κ2) is 9.46. The molecule has 1 amide bonds. The maximum Gasteiger partial charge on any atom is 0.250 e. The number of nitrogens with one attached hydrogen (secondary N) is 1. The first-order valence-corrected chi connectivity index (χ1v) is 12.7. The summed E-state index contributed by atoms with van der Waals surface area (Å²) in [5, 5.41) is 18.5. The van der Waals surface area contributed by atoms with E-state index in [4.69, 9.17) is 10.8 Å². The maximum absolute atomic E-state index is 12.2. The van der Waals surface area contributed by atoms with Crippen LogP contribution in [0.25, 0.3) is 5.69 Å². The van der Waals surface area contributed by atoms with Gasteiger partial charge in [0.1, 0.15) is 0 Å². The first-order chi connectivity index (χ1) is 16.8. The van der Waals surface area contributed by atoms with Crippen LogP contribution in [0.15, 0.2) is 42.7 Å². The van der Waals surface area contributed by atoms with E-state index in [1.54, 1.807) is 0 Å². The first-order valence-electron chi connectivity index (χ1n) is 12.7. The molecule has 35 heavy (non-hydrogen) atoms. The molecule has 2 aliphatic carbocycles. The minimum Gasteiger partial charge on any atom is -0.393 e. The van der Waals surface area contributed by atoms with Crippen LogP contribution in [-0.4, -0.2) is 37.9 Å². The fourth-order valence-corrected chi connectivity index (χ4v) is 5.50. The van der Waals surface area contributed by atoms with Crippen LogP contribution in [0.1, 0.15) is 78.8 Å².